The summed E-state index contributed by atoms with van der Waals surface area (Å²) in [5.74, 6) is -0.388. The summed E-state index contributed by atoms with van der Waals surface area (Å²) in [6.07, 6.45) is 0.784. The van der Waals surface area contributed by atoms with Gasteiger partial charge in [-0.15, -0.1) is 11.3 Å². The van der Waals surface area contributed by atoms with Crippen LogP contribution in [0.2, 0.25) is 0 Å². The molecule has 5 nitrogen and oxygen atoms in total. The zero-order valence-corrected chi connectivity index (χ0v) is 15.9. The fraction of sp³-hybridized carbons (Fsp3) is 0.353. The van der Waals surface area contributed by atoms with Crippen molar-refractivity contribution in [1.82, 2.24) is 4.72 Å². The third kappa shape index (κ3) is 4.43. The summed E-state index contributed by atoms with van der Waals surface area (Å²) >= 11 is 1.22. The number of carbonyl (C=O) groups is 1. The lowest BCUT2D eigenvalue weighted by atomic mass is 10.1. The molecule has 0 aliphatic rings. The molecule has 24 heavy (non-hydrogen) atoms. The summed E-state index contributed by atoms with van der Waals surface area (Å²) in [4.78, 5) is 13.1. The lowest BCUT2D eigenvalue weighted by Crippen LogP contribution is -2.32. The van der Waals surface area contributed by atoms with Crippen LogP contribution in [0.25, 0.3) is 0 Å². The van der Waals surface area contributed by atoms with Crippen molar-refractivity contribution in [3.8, 4) is 0 Å². The molecule has 1 aromatic heterocycles. The smallest absolute Gasteiger partial charge is 0.250 e. The van der Waals surface area contributed by atoms with Crippen molar-refractivity contribution in [2.45, 2.75) is 38.3 Å². The first-order valence-electron chi connectivity index (χ1n) is 7.69. The van der Waals surface area contributed by atoms with E-state index in [9.17, 15) is 13.2 Å². The number of aryl methyl sites for hydroxylation is 4. The third-order valence-corrected chi connectivity index (χ3v) is 6.74. The van der Waals surface area contributed by atoms with E-state index in [1.807, 2.05) is 39.8 Å². The first kappa shape index (κ1) is 18.6. The third-order valence-electron chi connectivity index (χ3n) is 3.61. The minimum atomic E-state index is -3.66. The van der Waals surface area contributed by atoms with Crippen molar-refractivity contribution >= 4 is 33.0 Å². The number of thiophene rings is 1. The summed E-state index contributed by atoms with van der Waals surface area (Å²) in [6.45, 7) is 7.49. The molecule has 0 fully saturated rings. The van der Waals surface area contributed by atoms with E-state index in [0.717, 1.165) is 33.7 Å². The van der Waals surface area contributed by atoms with Gasteiger partial charge in [-0.05, 0) is 50.5 Å². The number of carbonyl (C=O) groups excluding carboxylic acids is 1. The Bertz CT molecular complexity index is 831. The maximum atomic E-state index is 12.2. The van der Waals surface area contributed by atoms with E-state index in [2.05, 4.69) is 10.0 Å². The maximum absolute atomic E-state index is 12.2. The van der Waals surface area contributed by atoms with Crippen LogP contribution in [0.4, 0.5) is 5.69 Å². The Morgan fingerprint density at radius 2 is 1.75 bits per heavy atom. The Labute approximate surface area is 147 Å². The van der Waals surface area contributed by atoms with Gasteiger partial charge < -0.3 is 5.32 Å². The van der Waals surface area contributed by atoms with E-state index in [0.29, 0.717) is 0 Å². The number of sulfonamides is 1. The van der Waals surface area contributed by atoms with Crippen LogP contribution in [-0.2, 0) is 21.2 Å². The number of anilines is 1. The van der Waals surface area contributed by atoms with Crippen LogP contribution < -0.4 is 10.0 Å². The van der Waals surface area contributed by atoms with E-state index < -0.39 is 10.0 Å². The lowest BCUT2D eigenvalue weighted by Gasteiger charge is -2.13. The topological polar surface area (TPSA) is 75.3 Å². The van der Waals surface area contributed by atoms with Crippen molar-refractivity contribution in [2.75, 3.05) is 11.9 Å². The van der Waals surface area contributed by atoms with Crippen LogP contribution in [0.3, 0.4) is 0 Å². The highest BCUT2D eigenvalue weighted by atomic mass is 32.2. The molecule has 2 rings (SSSR count). The molecule has 0 saturated carbocycles. The summed E-state index contributed by atoms with van der Waals surface area (Å²) in [5.41, 5.74) is 3.76. The van der Waals surface area contributed by atoms with E-state index in [1.54, 1.807) is 12.1 Å². The molecular formula is C17H22N2O3S2. The number of benzene rings is 1. The van der Waals surface area contributed by atoms with Gasteiger partial charge in [-0.3, -0.25) is 4.79 Å². The van der Waals surface area contributed by atoms with Gasteiger partial charge in [-0.1, -0.05) is 24.6 Å². The average Bonchev–Trinajstić information content (AvgIpc) is 2.99. The van der Waals surface area contributed by atoms with Gasteiger partial charge in [-0.25, -0.2) is 13.1 Å². The SMILES string of the molecule is CCc1ccc(S(=O)(=O)NCC(=O)Nc2c(C)cc(C)cc2C)s1. The van der Waals surface area contributed by atoms with Gasteiger partial charge in [0, 0.05) is 10.6 Å². The van der Waals surface area contributed by atoms with Gasteiger partial charge in [-0.2, -0.15) is 0 Å². The lowest BCUT2D eigenvalue weighted by molar-refractivity contribution is -0.115. The van der Waals surface area contributed by atoms with Gasteiger partial charge in [0.15, 0.2) is 0 Å². The predicted octanol–water partition coefficient (Wildman–Crippen LogP) is 3.15. The summed E-state index contributed by atoms with van der Waals surface area (Å²) < 4.78 is 27.0. The van der Waals surface area contributed by atoms with Crippen molar-refractivity contribution < 1.29 is 13.2 Å². The standard InChI is InChI=1S/C17H22N2O3S2/c1-5-14-6-7-16(23-14)24(21,22)18-10-15(20)19-17-12(3)8-11(2)9-13(17)4/h6-9,18H,5,10H2,1-4H3,(H,19,20). The van der Waals surface area contributed by atoms with Crippen molar-refractivity contribution in [3.63, 3.8) is 0 Å². The Hall–Kier alpha value is -1.70. The van der Waals surface area contributed by atoms with Gasteiger partial charge in [0.1, 0.15) is 4.21 Å². The molecule has 130 valence electrons. The average molecular weight is 367 g/mol. The number of hydrogen-bond acceptors (Lipinski definition) is 4. The van der Waals surface area contributed by atoms with E-state index >= 15 is 0 Å². The van der Waals surface area contributed by atoms with Crippen molar-refractivity contribution in [3.05, 3.63) is 45.8 Å². The number of hydrogen-bond donors (Lipinski definition) is 2. The zero-order valence-electron chi connectivity index (χ0n) is 14.3. The fourth-order valence-corrected chi connectivity index (χ4v) is 4.81. The molecule has 0 aliphatic carbocycles. The normalized spacial score (nSPS) is 11.5. The molecule has 0 radical (unpaired) electrons. The molecule has 0 unspecified atom stereocenters. The number of rotatable bonds is 6. The van der Waals surface area contributed by atoms with Gasteiger partial charge in [0.2, 0.25) is 5.91 Å². The van der Waals surface area contributed by atoms with Gasteiger partial charge in [0.05, 0.1) is 6.54 Å². The molecule has 1 amide bonds. The van der Waals surface area contributed by atoms with E-state index in [1.165, 1.54) is 11.3 Å². The number of amides is 1. The van der Waals surface area contributed by atoms with Crippen LogP contribution >= 0.6 is 11.3 Å². The van der Waals surface area contributed by atoms with E-state index in [-0.39, 0.29) is 16.7 Å². The second-order valence-corrected chi connectivity index (χ2v) is 8.88. The summed E-state index contributed by atoms with van der Waals surface area (Å²) in [7, 11) is -3.66. The second-order valence-electron chi connectivity index (χ2n) is 5.72. The highest BCUT2D eigenvalue weighted by Crippen LogP contribution is 2.23. The predicted molar refractivity (Wildman–Crippen MR) is 98.2 cm³/mol. The van der Waals surface area contributed by atoms with Crippen molar-refractivity contribution in [2.24, 2.45) is 0 Å². The molecule has 7 heteroatoms. The minimum absolute atomic E-state index is 0.231. The maximum Gasteiger partial charge on any atom is 0.250 e. The molecule has 0 saturated heterocycles. The Kier molecular flexibility index (Phi) is 5.79. The Balaban J connectivity index is 2.03. The summed E-state index contributed by atoms with van der Waals surface area (Å²) in [5, 5.41) is 2.78. The molecule has 2 N–H and O–H groups in total. The fourth-order valence-electron chi connectivity index (χ4n) is 2.49. The van der Waals surface area contributed by atoms with Crippen LogP contribution in [-0.4, -0.2) is 20.9 Å². The molecular weight excluding hydrogens is 344 g/mol. The highest BCUT2D eigenvalue weighted by Gasteiger charge is 2.18. The number of nitrogens with one attached hydrogen (secondary N) is 2. The highest BCUT2D eigenvalue weighted by molar-refractivity contribution is 7.91. The summed E-state index contributed by atoms with van der Waals surface area (Å²) in [6, 6.07) is 7.31. The van der Waals surface area contributed by atoms with Gasteiger partial charge in [0.25, 0.3) is 10.0 Å². The molecule has 1 heterocycles. The van der Waals surface area contributed by atoms with Crippen molar-refractivity contribution in [1.29, 1.82) is 0 Å². The zero-order chi connectivity index (χ0) is 17.9. The molecule has 0 atom stereocenters. The van der Waals surface area contributed by atoms with Crippen LogP contribution in [0.1, 0.15) is 28.5 Å². The Morgan fingerprint density at radius 1 is 1.12 bits per heavy atom. The second kappa shape index (κ2) is 7.46. The quantitative estimate of drug-likeness (QED) is 0.825. The first-order valence-corrected chi connectivity index (χ1v) is 9.99. The molecule has 2 aromatic rings. The molecule has 0 aliphatic heterocycles. The monoisotopic (exact) mass is 366 g/mol. The minimum Gasteiger partial charge on any atom is -0.324 e. The molecule has 0 bridgehead atoms. The molecule has 0 spiro atoms. The van der Waals surface area contributed by atoms with E-state index in [4.69, 9.17) is 0 Å². The van der Waals surface area contributed by atoms with Crippen LogP contribution in [0.15, 0.2) is 28.5 Å². The van der Waals surface area contributed by atoms with Crippen LogP contribution in [0, 0.1) is 20.8 Å². The Morgan fingerprint density at radius 3 is 2.29 bits per heavy atom. The van der Waals surface area contributed by atoms with Gasteiger partial charge >= 0.3 is 0 Å². The largest absolute Gasteiger partial charge is 0.324 e. The first-order chi connectivity index (χ1) is 11.2. The van der Waals surface area contributed by atoms with Crippen LogP contribution in [0.5, 0.6) is 0 Å². The molecule has 1 aromatic carbocycles.